The minimum Gasteiger partial charge on any atom is -0.487 e. The highest BCUT2D eigenvalue weighted by Gasteiger charge is 2.00. The highest BCUT2D eigenvalue weighted by Crippen LogP contribution is 2.10. The Balaban J connectivity index is 1.89. The third-order valence-corrected chi connectivity index (χ3v) is 2.07. The molecule has 5 heteroatoms. The zero-order valence-corrected chi connectivity index (χ0v) is 8.91. The first-order valence-electron chi connectivity index (χ1n) is 5.15. The van der Waals surface area contributed by atoms with E-state index >= 15 is 0 Å². The Morgan fingerprint density at radius 2 is 2.06 bits per heavy atom. The average molecular weight is 218 g/mol. The molecular weight excluding hydrogens is 204 g/mol. The maximum atomic E-state index is 5.54. The fourth-order valence-electron chi connectivity index (χ4n) is 1.32. The molecule has 0 saturated carbocycles. The van der Waals surface area contributed by atoms with Gasteiger partial charge in [-0.3, -0.25) is 4.68 Å². The number of para-hydroxylation sites is 1. The molecule has 2 N–H and O–H groups in total. The number of aromatic nitrogens is 3. The number of nitrogens with zero attached hydrogens (tertiary/aromatic N) is 3. The Morgan fingerprint density at radius 1 is 1.25 bits per heavy atom. The van der Waals surface area contributed by atoms with E-state index in [0.29, 0.717) is 19.7 Å². The average Bonchev–Trinajstić information content (AvgIpc) is 2.76. The number of nitrogens with two attached hydrogens (primary N) is 1. The Labute approximate surface area is 93.8 Å². The summed E-state index contributed by atoms with van der Waals surface area (Å²) in [6, 6.07) is 9.63. The lowest BCUT2D eigenvalue weighted by molar-refractivity contribution is 0.301. The molecule has 0 atom stereocenters. The minimum absolute atomic E-state index is 0.425. The van der Waals surface area contributed by atoms with Crippen molar-refractivity contribution in [1.29, 1.82) is 0 Å². The number of rotatable bonds is 5. The van der Waals surface area contributed by atoms with Gasteiger partial charge in [0.1, 0.15) is 18.1 Å². The first kappa shape index (κ1) is 10.6. The molecule has 2 rings (SSSR count). The van der Waals surface area contributed by atoms with Crippen LogP contribution in [-0.2, 0) is 13.2 Å². The van der Waals surface area contributed by atoms with Gasteiger partial charge in [-0.05, 0) is 12.1 Å². The summed E-state index contributed by atoms with van der Waals surface area (Å²) < 4.78 is 7.25. The summed E-state index contributed by atoms with van der Waals surface area (Å²) in [6.45, 7) is 1.66. The summed E-state index contributed by atoms with van der Waals surface area (Å²) in [5.41, 5.74) is 6.22. The molecule has 0 radical (unpaired) electrons. The first-order chi connectivity index (χ1) is 7.88. The molecule has 84 valence electrons. The van der Waals surface area contributed by atoms with Crippen LogP contribution in [0, 0.1) is 0 Å². The summed E-state index contributed by atoms with van der Waals surface area (Å²) in [5.74, 6) is 0.830. The highest BCUT2D eigenvalue weighted by molar-refractivity contribution is 5.21. The van der Waals surface area contributed by atoms with E-state index in [4.69, 9.17) is 10.5 Å². The van der Waals surface area contributed by atoms with Gasteiger partial charge in [0.05, 0.1) is 12.7 Å². The normalized spacial score (nSPS) is 10.3. The van der Waals surface area contributed by atoms with Crippen molar-refractivity contribution in [2.24, 2.45) is 5.73 Å². The van der Waals surface area contributed by atoms with E-state index in [1.54, 1.807) is 4.68 Å². The molecule has 0 saturated heterocycles. The van der Waals surface area contributed by atoms with Gasteiger partial charge in [-0.2, -0.15) is 0 Å². The summed E-state index contributed by atoms with van der Waals surface area (Å²) in [6.07, 6.45) is 1.84. The van der Waals surface area contributed by atoms with Crippen LogP contribution >= 0.6 is 0 Å². The monoisotopic (exact) mass is 218 g/mol. The van der Waals surface area contributed by atoms with E-state index in [1.807, 2.05) is 36.5 Å². The molecule has 1 heterocycles. The second-order valence-corrected chi connectivity index (χ2v) is 3.36. The summed E-state index contributed by atoms with van der Waals surface area (Å²) in [5, 5.41) is 7.91. The second-order valence-electron chi connectivity index (χ2n) is 3.36. The predicted molar refractivity (Wildman–Crippen MR) is 59.9 cm³/mol. The molecule has 0 aliphatic heterocycles. The summed E-state index contributed by atoms with van der Waals surface area (Å²) >= 11 is 0. The Hall–Kier alpha value is -1.88. The van der Waals surface area contributed by atoms with Crippen molar-refractivity contribution in [1.82, 2.24) is 15.0 Å². The van der Waals surface area contributed by atoms with Crippen molar-refractivity contribution in [2.75, 3.05) is 6.54 Å². The lowest BCUT2D eigenvalue weighted by Crippen LogP contribution is -2.10. The van der Waals surface area contributed by atoms with Gasteiger partial charge < -0.3 is 10.5 Å². The Kier molecular flexibility index (Phi) is 3.50. The van der Waals surface area contributed by atoms with Crippen LogP contribution in [0.3, 0.4) is 0 Å². The van der Waals surface area contributed by atoms with Crippen molar-refractivity contribution in [2.45, 2.75) is 13.2 Å². The van der Waals surface area contributed by atoms with Crippen molar-refractivity contribution in [3.63, 3.8) is 0 Å². The van der Waals surface area contributed by atoms with Gasteiger partial charge in [-0.15, -0.1) is 5.10 Å². The number of benzene rings is 1. The van der Waals surface area contributed by atoms with Crippen LogP contribution in [0.1, 0.15) is 5.69 Å². The number of hydrogen-bond acceptors (Lipinski definition) is 4. The Morgan fingerprint density at radius 3 is 2.81 bits per heavy atom. The standard InChI is InChI=1S/C11H14N4O/c12-6-7-15-8-10(13-14-15)9-16-11-4-2-1-3-5-11/h1-5,8H,6-7,9,12H2. The van der Waals surface area contributed by atoms with Gasteiger partial charge in [-0.25, -0.2) is 0 Å². The van der Waals surface area contributed by atoms with E-state index in [9.17, 15) is 0 Å². The lowest BCUT2D eigenvalue weighted by atomic mass is 10.3. The van der Waals surface area contributed by atoms with Crippen LogP contribution in [0.15, 0.2) is 36.5 Å². The van der Waals surface area contributed by atoms with Crippen LogP contribution in [-0.4, -0.2) is 21.5 Å². The van der Waals surface area contributed by atoms with Gasteiger partial charge in [-0.1, -0.05) is 23.4 Å². The fraction of sp³-hybridized carbons (Fsp3) is 0.273. The van der Waals surface area contributed by atoms with E-state index in [-0.39, 0.29) is 0 Å². The van der Waals surface area contributed by atoms with E-state index < -0.39 is 0 Å². The smallest absolute Gasteiger partial charge is 0.134 e. The summed E-state index contributed by atoms with van der Waals surface area (Å²) in [7, 11) is 0. The largest absolute Gasteiger partial charge is 0.487 e. The van der Waals surface area contributed by atoms with Gasteiger partial charge in [0.25, 0.3) is 0 Å². The van der Waals surface area contributed by atoms with Crippen LogP contribution in [0.4, 0.5) is 0 Å². The van der Waals surface area contributed by atoms with Gasteiger partial charge >= 0.3 is 0 Å². The molecule has 5 nitrogen and oxygen atoms in total. The maximum Gasteiger partial charge on any atom is 0.134 e. The molecule has 0 aliphatic rings. The molecule has 0 spiro atoms. The molecular formula is C11H14N4O. The molecule has 16 heavy (non-hydrogen) atoms. The zero-order valence-electron chi connectivity index (χ0n) is 8.91. The lowest BCUT2D eigenvalue weighted by Gasteiger charge is -2.02. The van der Waals surface area contributed by atoms with Crippen molar-refractivity contribution in [3.05, 3.63) is 42.2 Å². The van der Waals surface area contributed by atoms with Crippen molar-refractivity contribution in [3.8, 4) is 5.75 Å². The fourth-order valence-corrected chi connectivity index (χ4v) is 1.32. The third-order valence-electron chi connectivity index (χ3n) is 2.07. The van der Waals surface area contributed by atoms with E-state index in [1.165, 1.54) is 0 Å². The zero-order chi connectivity index (χ0) is 11.2. The number of hydrogen-bond donors (Lipinski definition) is 1. The topological polar surface area (TPSA) is 66.0 Å². The summed E-state index contributed by atoms with van der Waals surface area (Å²) in [4.78, 5) is 0. The molecule has 0 amide bonds. The van der Waals surface area contributed by atoms with Crippen molar-refractivity contribution < 1.29 is 4.74 Å². The van der Waals surface area contributed by atoms with Gasteiger partial charge in [0.2, 0.25) is 0 Å². The molecule has 1 aromatic carbocycles. The third kappa shape index (κ3) is 2.80. The quantitative estimate of drug-likeness (QED) is 0.806. The molecule has 0 aliphatic carbocycles. The minimum atomic E-state index is 0.425. The molecule has 2 aromatic rings. The SMILES string of the molecule is NCCn1cc(COc2ccccc2)nn1. The van der Waals surface area contributed by atoms with Gasteiger partial charge in [0.15, 0.2) is 0 Å². The van der Waals surface area contributed by atoms with Crippen LogP contribution in [0.25, 0.3) is 0 Å². The van der Waals surface area contributed by atoms with Crippen LogP contribution in [0.5, 0.6) is 5.75 Å². The maximum absolute atomic E-state index is 5.54. The first-order valence-corrected chi connectivity index (χ1v) is 5.15. The molecule has 0 bridgehead atoms. The molecule has 0 unspecified atom stereocenters. The molecule has 0 fully saturated rings. The van der Waals surface area contributed by atoms with E-state index in [0.717, 1.165) is 11.4 Å². The van der Waals surface area contributed by atoms with Crippen LogP contribution in [0.2, 0.25) is 0 Å². The highest BCUT2D eigenvalue weighted by atomic mass is 16.5. The van der Waals surface area contributed by atoms with Crippen LogP contribution < -0.4 is 10.5 Å². The predicted octanol–water partition coefficient (Wildman–Crippen LogP) is 0.816. The van der Waals surface area contributed by atoms with E-state index in [2.05, 4.69) is 10.3 Å². The van der Waals surface area contributed by atoms with Gasteiger partial charge in [0, 0.05) is 6.54 Å². The molecule has 1 aromatic heterocycles. The number of ether oxygens (including phenoxy) is 1. The Bertz CT molecular complexity index is 427. The second kappa shape index (κ2) is 5.27. The van der Waals surface area contributed by atoms with Crippen molar-refractivity contribution >= 4 is 0 Å².